The fraction of sp³-hybridized carbons (Fsp3) is 0.560. The quantitative estimate of drug-likeness (QED) is 0.638. The Morgan fingerprint density at radius 2 is 1.91 bits per heavy atom. The Balaban J connectivity index is 0.00000141. The number of amides is 2. The SMILES string of the molecule is CC.Cc1cc(C)nc(NC(=O)N2CCCCNc3ccc(N4CCCC(C)C4)nc32)c1. The van der Waals surface area contributed by atoms with Gasteiger partial charge in [0.1, 0.15) is 11.6 Å². The van der Waals surface area contributed by atoms with Crippen LogP contribution in [0.1, 0.15) is 57.7 Å². The van der Waals surface area contributed by atoms with Crippen molar-refractivity contribution in [1.29, 1.82) is 0 Å². The molecule has 1 atom stereocenters. The molecule has 1 saturated heterocycles. The van der Waals surface area contributed by atoms with Crippen LogP contribution < -0.4 is 20.4 Å². The molecular weight excluding hydrogens is 400 g/mol. The predicted octanol–water partition coefficient (Wildman–Crippen LogP) is 5.60. The summed E-state index contributed by atoms with van der Waals surface area (Å²) in [5, 5.41) is 6.44. The highest BCUT2D eigenvalue weighted by Crippen LogP contribution is 2.31. The molecular formula is C25H38N6O. The average Bonchev–Trinajstić information content (AvgIpc) is 2.75. The number of carbonyl (C=O) groups excluding carboxylic acids is 1. The highest BCUT2D eigenvalue weighted by molar-refractivity contribution is 6.02. The van der Waals surface area contributed by atoms with Gasteiger partial charge < -0.3 is 10.2 Å². The fourth-order valence-corrected chi connectivity index (χ4v) is 4.36. The summed E-state index contributed by atoms with van der Waals surface area (Å²) in [4.78, 5) is 26.8. The third kappa shape index (κ3) is 5.90. The van der Waals surface area contributed by atoms with Crippen LogP contribution >= 0.6 is 0 Å². The first-order chi connectivity index (χ1) is 15.5. The van der Waals surface area contributed by atoms with Crippen molar-refractivity contribution in [1.82, 2.24) is 9.97 Å². The molecule has 32 heavy (non-hydrogen) atoms. The zero-order valence-corrected chi connectivity index (χ0v) is 20.2. The molecule has 0 aliphatic carbocycles. The number of pyridine rings is 2. The number of urea groups is 1. The summed E-state index contributed by atoms with van der Waals surface area (Å²) in [7, 11) is 0. The van der Waals surface area contributed by atoms with Gasteiger partial charge in [-0.2, -0.15) is 0 Å². The predicted molar refractivity (Wildman–Crippen MR) is 134 cm³/mol. The number of carbonyl (C=O) groups is 1. The Morgan fingerprint density at radius 1 is 1.09 bits per heavy atom. The van der Waals surface area contributed by atoms with E-state index in [-0.39, 0.29) is 6.03 Å². The van der Waals surface area contributed by atoms with Gasteiger partial charge >= 0.3 is 6.03 Å². The van der Waals surface area contributed by atoms with Crippen molar-refractivity contribution >= 4 is 29.2 Å². The van der Waals surface area contributed by atoms with E-state index < -0.39 is 0 Å². The minimum absolute atomic E-state index is 0.186. The van der Waals surface area contributed by atoms with Gasteiger partial charge in [0, 0.05) is 31.9 Å². The van der Waals surface area contributed by atoms with Gasteiger partial charge in [-0.3, -0.25) is 10.2 Å². The van der Waals surface area contributed by atoms with Crippen molar-refractivity contribution in [3.8, 4) is 0 Å². The number of fused-ring (bicyclic) bond motifs is 1. The van der Waals surface area contributed by atoms with E-state index in [4.69, 9.17) is 4.98 Å². The standard InChI is InChI=1S/C23H32N6O.C2H6/c1-16-7-6-11-28(15-16)21-9-8-19-22(27-21)29(12-5-4-10-24-19)23(30)26-20-14-17(2)13-18(3)25-20;1-2/h8-9,13-14,16,24H,4-7,10-12,15H2,1-3H3,(H,25,26,30);1-2H3. The Bertz CT molecular complexity index is 895. The molecule has 0 radical (unpaired) electrons. The number of anilines is 4. The molecule has 7 nitrogen and oxygen atoms in total. The summed E-state index contributed by atoms with van der Waals surface area (Å²) in [6.45, 7) is 13.8. The van der Waals surface area contributed by atoms with Crippen molar-refractivity contribution in [3.63, 3.8) is 0 Å². The molecule has 0 bridgehead atoms. The molecule has 0 spiro atoms. The zero-order chi connectivity index (χ0) is 23.1. The number of nitrogens with one attached hydrogen (secondary N) is 2. The van der Waals surface area contributed by atoms with Crippen LogP contribution in [0.3, 0.4) is 0 Å². The highest BCUT2D eigenvalue weighted by Gasteiger charge is 2.25. The van der Waals surface area contributed by atoms with Crippen molar-refractivity contribution in [3.05, 3.63) is 35.5 Å². The first-order valence-electron chi connectivity index (χ1n) is 12.0. The zero-order valence-electron chi connectivity index (χ0n) is 20.2. The van der Waals surface area contributed by atoms with Crippen molar-refractivity contribution in [2.45, 2.75) is 60.3 Å². The second-order valence-electron chi connectivity index (χ2n) is 8.62. The highest BCUT2D eigenvalue weighted by atomic mass is 16.2. The lowest BCUT2D eigenvalue weighted by Gasteiger charge is -2.33. The molecule has 174 valence electrons. The normalized spacial score (nSPS) is 18.3. The number of nitrogens with zero attached hydrogens (tertiary/aromatic N) is 4. The lowest BCUT2D eigenvalue weighted by molar-refractivity contribution is 0.256. The van der Waals surface area contributed by atoms with Gasteiger partial charge in [0.05, 0.1) is 5.69 Å². The summed E-state index contributed by atoms with van der Waals surface area (Å²) >= 11 is 0. The fourth-order valence-electron chi connectivity index (χ4n) is 4.36. The number of rotatable bonds is 2. The van der Waals surface area contributed by atoms with E-state index in [9.17, 15) is 4.79 Å². The van der Waals surface area contributed by atoms with Crippen LogP contribution in [-0.2, 0) is 0 Å². The van der Waals surface area contributed by atoms with E-state index in [2.05, 4.69) is 39.6 Å². The molecule has 4 rings (SSSR count). The van der Waals surface area contributed by atoms with Crippen LogP contribution in [0.25, 0.3) is 0 Å². The number of piperidine rings is 1. The largest absolute Gasteiger partial charge is 0.382 e. The molecule has 2 aromatic heterocycles. The second-order valence-corrected chi connectivity index (χ2v) is 8.62. The second kappa shape index (κ2) is 11.2. The molecule has 2 aliphatic rings. The average molecular weight is 439 g/mol. The Morgan fingerprint density at radius 3 is 2.66 bits per heavy atom. The lowest BCUT2D eigenvalue weighted by atomic mass is 10.0. The Labute approximate surface area is 192 Å². The van der Waals surface area contributed by atoms with Crippen LogP contribution in [0.4, 0.5) is 27.9 Å². The maximum Gasteiger partial charge on any atom is 0.328 e. The van der Waals surface area contributed by atoms with Crippen molar-refractivity contribution < 1.29 is 4.79 Å². The summed E-state index contributed by atoms with van der Waals surface area (Å²) in [5.41, 5.74) is 2.87. The number of hydrogen-bond donors (Lipinski definition) is 2. The van der Waals surface area contributed by atoms with Gasteiger partial charge in [-0.15, -0.1) is 0 Å². The van der Waals surface area contributed by atoms with Crippen molar-refractivity contribution in [2.75, 3.05) is 46.6 Å². The van der Waals surface area contributed by atoms with E-state index >= 15 is 0 Å². The van der Waals surface area contributed by atoms with E-state index in [1.54, 1.807) is 4.90 Å². The van der Waals surface area contributed by atoms with Gasteiger partial charge in [0.25, 0.3) is 0 Å². The van der Waals surface area contributed by atoms with Crippen LogP contribution in [-0.4, -0.2) is 42.2 Å². The van der Waals surface area contributed by atoms with Crippen LogP contribution in [0.2, 0.25) is 0 Å². The Kier molecular flexibility index (Phi) is 8.31. The van der Waals surface area contributed by atoms with Crippen LogP contribution in [0, 0.1) is 19.8 Å². The van der Waals surface area contributed by atoms with Crippen molar-refractivity contribution in [2.24, 2.45) is 5.92 Å². The monoisotopic (exact) mass is 438 g/mol. The minimum Gasteiger partial charge on any atom is -0.382 e. The molecule has 1 fully saturated rings. The molecule has 2 aromatic rings. The lowest BCUT2D eigenvalue weighted by Crippen LogP contribution is -2.39. The summed E-state index contributed by atoms with van der Waals surface area (Å²) in [6.07, 6.45) is 4.38. The third-order valence-electron chi connectivity index (χ3n) is 5.80. The van der Waals surface area contributed by atoms with E-state index in [0.29, 0.717) is 24.1 Å². The van der Waals surface area contributed by atoms with Gasteiger partial charge in [-0.1, -0.05) is 20.8 Å². The Hall–Kier alpha value is -2.83. The molecule has 1 unspecified atom stereocenters. The van der Waals surface area contributed by atoms with E-state index in [1.165, 1.54) is 12.8 Å². The molecule has 2 aliphatic heterocycles. The summed E-state index contributed by atoms with van der Waals surface area (Å²) in [6, 6.07) is 7.85. The molecule has 2 amide bonds. The molecule has 2 N–H and O–H groups in total. The number of aryl methyl sites for hydroxylation is 2. The number of hydrogen-bond acceptors (Lipinski definition) is 5. The van der Waals surface area contributed by atoms with Crippen LogP contribution in [0.15, 0.2) is 24.3 Å². The first-order valence-corrected chi connectivity index (χ1v) is 12.0. The molecule has 0 saturated carbocycles. The summed E-state index contributed by atoms with van der Waals surface area (Å²) < 4.78 is 0. The minimum atomic E-state index is -0.186. The van der Waals surface area contributed by atoms with E-state index in [0.717, 1.165) is 55.2 Å². The van der Waals surface area contributed by atoms with Gasteiger partial charge in [-0.25, -0.2) is 14.8 Å². The molecule has 0 aromatic carbocycles. The molecule has 7 heteroatoms. The maximum absolute atomic E-state index is 13.3. The smallest absolute Gasteiger partial charge is 0.328 e. The molecule has 4 heterocycles. The van der Waals surface area contributed by atoms with E-state index in [1.807, 2.05) is 39.8 Å². The van der Waals surface area contributed by atoms with Gasteiger partial charge in [0.2, 0.25) is 0 Å². The van der Waals surface area contributed by atoms with Gasteiger partial charge in [0.15, 0.2) is 5.82 Å². The summed E-state index contributed by atoms with van der Waals surface area (Å²) in [5.74, 6) is 2.89. The first kappa shape index (κ1) is 23.8. The van der Waals surface area contributed by atoms with Gasteiger partial charge in [-0.05, 0) is 75.3 Å². The third-order valence-corrected chi connectivity index (χ3v) is 5.80. The maximum atomic E-state index is 13.3. The number of aromatic nitrogens is 2. The van der Waals surface area contributed by atoms with Crippen LogP contribution in [0.5, 0.6) is 0 Å². The topological polar surface area (TPSA) is 73.4 Å².